The maximum Gasteiger partial charge on any atom is 0.410 e. The van der Waals surface area contributed by atoms with Gasteiger partial charge in [-0.3, -0.25) is 0 Å². The van der Waals surface area contributed by atoms with E-state index in [4.69, 9.17) is 25.8 Å². The minimum absolute atomic E-state index is 0.0994. The number of carbonyl (C=O) groups excluding carboxylic acids is 2. The van der Waals surface area contributed by atoms with E-state index < -0.39 is 23.8 Å². The second kappa shape index (κ2) is 13.4. The summed E-state index contributed by atoms with van der Waals surface area (Å²) in [5, 5.41) is 11.6. The van der Waals surface area contributed by atoms with Crippen LogP contribution in [0, 0.1) is 0 Å². The lowest BCUT2D eigenvalue weighted by Gasteiger charge is -2.37. The van der Waals surface area contributed by atoms with Gasteiger partial charge in [0.1, 0.15) is 11.4 Å². The number of hydrogen-bond donors (Lipinski definition) is 1. The number of benzene rings is 3. The van der Waals surface area contributed by atoms with Crippen molar-refractivity contribution in [1.82, 2.24) is 4.90 Å². The normalized spacial score (nSPS) is 15.4. The van der Waals surface area contributed by atoms with Crippen LogP contribution >= 0.6 is 11.6 Å². The van der Waals surface area contributed by atoms with Crippen molar-refractivity contribution < 1.29 is 28.9 Å². The third-order valence-electron chi connectivity index (χ3n) is 6.93. The monoisotopic (exact) mass is 579 g/mol. The summed E-state index contributed by atoms with van der Waals surface area (Å²) in [6.07, 6.45) is 0.874. The molecule has 4 rings (SSSR count). The molecule has 1 aliphatic carbocycles. The highest BCUT2D eigenvalue weighted by Gasteiger charge is 2.33. The van der Waals surface area contributed by atoms with Gasteiger partial charge >= 0.3 is 12.1 Å². The minimum Gasteiger partial charge on any atom is -0.482 e. The SMILES string of the molecule is CCOC(=O)COc1ccc(-c2ccc3c(c2)CC(N(CC(O)c2cccc(Cl)c2)C(=O)OC(C)(C)C)CC3)cc1. The minimum atomic E-state index is -0.904. The maximum atomic E-state index is 13.4. The summed E-state index contributed by atoms with van der Waals surface area (Å²) < 4.78 is 16.2. The summed E-state index contributed by atoms with van der Waals surface area (Å²) in [5.74, 6) is 0.187. The van der Waals surface area contributed by atoms with E-state index in [9.17, 15) is 14.7 Å². The molecule has 0 aliphatic heterocycles. The maximum absolute atomic E-state index is 13.4. The number of nitrogens with zero attached hydrogens (tertiary/aromatic N) is 1. The van der Waals surface area contributed by atoms with E-state index in [0.29, 0.717) is 29.4 Å². The number of aryl methyl sites for hydroxylation is 1. The molecule has 0 aromatic heterocycles. The summed E-state index contributed by atoms with van der Waals surface area (Å²) in [4.78, 5) is 26.6. The first-order chi connectivity index (χ1) is 19.5. The zero-order valence-corrected chi connectivity index (χ0v) is 24.8. The van der Waals surface area contributed by atoms with Gasteiger partial charge in [-0.05, 0) is 99.0 Å². The zero-order chi connectivity index (χ0) is 29.6. The first kappa shape index (κ1) is 30.4. The van der Waals surface area contributed by atoms with Crippen LogP contribution in [0.5, 0.6) is 5.75 Å². The molecule has 7 nitrogen and oxygen atoms in total. The Balaban J connectivity index is 1.51. The molecule has 0 fully saturated rings. The largest absolute Gasteiger partial charge is 0.482 e. The molecule has 0 saturated heterocycles. The molecule has 1 aliphatic rings. The number of fused-ring (bicyclic) bond motifs is 1. The summed E-state index contributed by atoms with van der Waals surface area (Å²) >= 11 is 6.15. The van der Waals surface area contributed by atoms with Crippen molar-refractivity contribution in [3.8, 4) is 16.9 Å². The number of aliphatic hydroxyl groups excluding tert-OH is 1. The molecule has 2 unspecified atom stereocenters. The molecule has 41 heavy (non-hydrogen) atoms. The molecule has 1 amide bonds. The summed E-state index contributed by atoms with van der Waals surface area (Å²) in [6, 6.07) is 20.9. The van der Waals surface area contributed by atoms with Gasteiger partial charge in [-0.2, -0.15) is 0 Å². The second-order valence-electron chi connectivity index (χ2n) is 11.2. The van der Waals surface area contributed by atoms with Gasteiger partial charge in [0.15, 0.2) is 6.61 Å². The number of halogens is 1. The number of rotatable bonds is 9. The van der Waals surface area contributed by atoms with Crippen molar-refractivity contribution >= 4 is 23.7 Å². The Labute approximate surface area is 247 Å². The average Bonchev–Trinajstić information content (AvgIpc) is 2.93. The molecule has 3 aromatic carbocycles. The molecule has 3 aromatic rings. The quantitative estimate of drug-likeness (QED) is 0.281. The predicted octanol–water partition coefficient (Wildman–Crippen LogP) is 6.78. The molecule has 0 bridgehead atoms. The Morgan fingerprint density at radius 1 is 1.02 bits per heavy atom. The highest BCUT2D eigenvalue weighted by Crippen LogP contribution is 2.32. The predicted molar refractivity (Wildman–Crippen MR) is 159 cm³/mol. The molecule has 0 saturated carbocycles. The van der Waals surface area contributed by atoms with Crippen molar-refractivity contribution in [2.75, 3.05) is 19.8 Å². The van der Waals surface area contributed by atoms with Crippen LogP contribution in [0.1, 0.15) is 56.9 Å². The van der Waals surface area contributed by atoms with Crippen molar-refractivity contribution in [3.63, 3.8) is 0 Å². The fourth-order valence-corrected chi connectivity index (χ4v) is 5.17. The summed E-state index contributed by atoms with van der Waals surface area (Å²) in [5.41, 5.74) is 4.45. The summed E-state index contributed by atoms with van der Waals surface area (Å²) in [6.45, 7) is 7.56. The van der Waals surface area contributed by atoms with Crippen LogP contribution in [0.2, 0.25) is 5.02 Å². The molecular weight excluding hydrogens is 542 g/mol. The van der Waals surface area contributed by atoms with Crippen LogP contribution in [0.4, 0.5) is 4.79 Å². The third kappa shape index (κ3) is 8.47. The van der Waals surface area contributed by atoms with E-state index in [1.807, 2.05) is 45.0 Å². The average molecular weight is 580 g/mol. The van der Waals surface area contributed by atoms with Gasteiger partial charge in [0.05, 0.1) is 19.3 Å². The van der Waals surface area contributed by atoms with E-state index in [-0.39, 0.29) is 19.2 Å². The number of hydrogen-bond acceptors (Lipinski definition) is 6. The lowest BCUT2D eigenvalue weighted by molar-refractivity contribution is -0.145. The van der Waals surface area contributed by atoms with Gasteiger partial charge in [-0.1, -0.05) is 54.1 Å². The van der Waals surface area contributed by atoms with Gasteiger partial charge in [-0.15, -0.1) is 0 Å². The van der Waals surface area contributed by atoms with Crippen molar-refractivity contribution in [1.29, 1.82) is 0 Å². The Bertz CT molecular complexity index is 1350. The fourth-order valence-electron chi connectivity index (χ4n) is 4.97. The van der Waals surface area contributed by atoms with E-state index >= 15 is 0 Å². The molecule has 2 atom stereocenters. The Morgan fingerprint density at radius 3 is 2.44 bits per heavy atom. The first-order valence-electron chi connectivity index (χ1n) is 14.0. The van der Waals surface area contributed by atoms with Gasteiger partial charge in [0, 0.05) is 11.1 Å². The first-order valence-corrected chi connectivity index (χ1v) is 14.3. The topological polar surface area (TPSA) is 85.3 Å². The van der Waals surface area contributed by atoms with Crippen LogP contribution in [-0.2, 0) is 27.1 Å². The van der Waals surface area contributed by atoms with E-state index in [0.717, 1.165) is 29.5 Å². The molecule has 0 heterocycles. The van der Waals surface area contributed by atoms with E-state index in [1.165, 1.54) is 5.56 Å². The van der Waals surface area contributed by atoms with Gasteiger partial charge < -0.3 is 24.2 Å². The molecule has 218 valence electrons. The lowest BCUT2D eigenvalue weighted by Crippen LogP contribution is -2.47. The Kier molecular flexibility index (Phi) is 9.94. The number of carbonyl (C=O) groups is 2. The Morgan fingerprint density at radius 2 is 1.76 bits per heavy atom. The molecular formula is C33H38ClNO6. The van der Waals surface area contributed by atoms with Crippen molar-refractivity contribution in [3.05, 3.63) is 88.4 Å². The standard InChI is InChI=1S/C33H38ClNO6/c1-5-39-31(37)21-40-29-15-12-22(13-16-29)24-10-9-23-11-14-28(19-26(23)17-24)35(32(38)41-33(2,3)4)20-30(36)25-7-6-8-27(34)18-25/h6-10,12-13,15-18,28,30,36H,5,11,14,19-21H2,1-4H3. The van der Waals surface area contributed by atoms with Crippen LogP contribution < -0.4 is 4.74 Å². The fraction of sp³-hybridized carbons (Fsp3) is 0.394. The number of ether oxygens (including phenoxy) is 3. The summed E-state index contributed by atoms with van der Waals surface area (Å²) in [7, 11) is 0. The third-order valence-corrected chi connectivity index (χ3v) is 7.17. The Hall–Kier alpha value is -3.55. The second-order valence-corrected chi connectivity index (χ2v) is 11.6. The highest BCUT2D eigenvalue weighted by atomic mass is 35.5. The van der Waals surface area contributed by atoms with Gasteiger partial charge in [-0.25, -0.2) is 9.59 Å². The highest BCUT2D eigenvalue weighted by molar-refractivity contribution is 6.30. The van der Waals surface area contributed by atoms with Crippen molar-refractivity contribution in [2.45, 2.75) is 64.7 Å². The van der Waals surface area contributed by atoms with Crippen LogP contribution in [0.15, 0.2) is 66.7 Å². The molecule has 1 N–H and O–H groups in total. The molecule has 0 spiro atoms. The van der Waals surface area contributed by atoms with Gasteiger partial charge in [0.2, 0.25) is 0 Å². The number of aliphatic hydroxyl groups is 1. The number of esters is 1. The van der Waals surface area contributed by atoms with E-state index in [1.54, 1.807) is 36.1 Å². The van der Waals surface area contributed by atoms with Crippen LogP contribution in [0.25, 0.3) is 11.1 Å². The van der Waals surface area contributed by atoms with Crippen molar-refractivity contribution in [2.24, 2.45) is 0 Å². The van der Waals surface area contributed by atoms with Gasteiger partial charge in [0.25, 0.3) is 0 Å². The lowest BCUT2D eigenvalue weighted by atomic mass is 9.85. The molecule has 0 radical (unpaired) electrons. The van der Waals surface area contributed by atoms with Crippen LogP contribution in [-0.4, -0.2) is 53.5 Å². The smallest absolute Gasteiger partial charge is 0.410 e. The molecule has 8 heteroatoms. The van der Waals surface area contributed by atoms with E-state index in [2.05, 4.69) is 18.2 Å². The number of amides is 1. The zero-order valence-electron chi connectivity index (χ0n) is 24.1. The van der Waals surface area contributed by atoms with Crippen LogP contribution in [0.3, 0.4) is 0 Å².